The lowest BCUT2D eigenvalue weighted by atomic mass is 9.92. The fraction of sp³-hybridized carbons (Fsp3) is 0.550. The van der Waals surface area contributed by atoms with Gasteiger partial charge >= 0.3 is 19.9 Å². The molecule has 1 aromatic carbocycles. The van der Waals surface area contributed by atoms with E-state index in [0.29, 0.717) is 47.9 Å². The van der Waals surface area contributed by atoms with E-state index in [9.17, 15) is 28.5 Å². The number of benzene rings is 1. The van der Waals surface area contributed by atoms with Crippen molar-refractivity contribution in [3.05, 3.63) is 64.8 Å². The first-order chi connectivity index (χ1) is 28.2. The number of carbonyl (C=O) groups is 5. The van der Waals surface area contributed by atoms with Crippen LogP contribution in [0.15, 0.2) is 48.8 Å². The second-order valence-electron chi connectivity index (χ2n) is 15.9. The number of pyridine rings is 1. The highest BCUT2D eigenvalue weighted by molar-refractivity contribution is 7.54. The standard InChI is InChI=1S/C40H48FN4O12PS/c1-22(2)56-39(49)52-20-54-58(51,55-21-53-40(50)57-23(3)4)35(41)24-7-10-33-28(12-24)16-34(59-33)36(46)43-31-15-27-13-26(27)14-30-8-9-32(45(30)37(31)47)38(48)44-18-29(19-44)25-6-5-11-42-17-25/h5-7,10-12,16-17,22-23,26-27,29-32,35H,8-9,13-15,18-21H2,1-4H3,(H,43,46)/t26-,27+,30+,31-,32-,35+/m0/s1. The van der Waals surface area contributed by atoms with Crippen LogP contribution in [-0.2, 0) is 42.1 Å². The first kappa shape index (κ1) is 42.5. The average Bonchev–Trinajstić information content (AvgIpc) is 3.52. The van der Waals surface area contributed by atoms with Crippen LogP contribution in [0.25, 0.3) is 10.1 Å². The first-order valence-electron chi connectivity index (χ1n) is 19.7. The lowest BCUT2D eigenvalue weighted by Crippen LogP contribution is -2.59. The van der Waals surface area contributed by atoms with Gasteiger partial charge in [-0.2, -0.15) is 0 Å². The maximum atomic E-state index is 16.2. The van der Waals surface area contributed by atoms with E-state index < -0.39 is 69.6 Å². The highest BCUT2D eigenvalue weighted by atomic mass is 32.1. The van der Waals surface area contributed by atoms with E-state index in [1.807, 2.05) is 23.2 Å². The number of rotatable bonds is 14. The molecule has 0 spiro atoms. The molecule has 59 heavy (non-hydrogen) atoms. The Morgan fingerprint density at radius 1 is 0.932 bits per heavy atom. The normalized spacial score (nSPS) is 23.4. The number of nitrogens with one attached hydrogen (secondary N) is 1. The summed E-state index contributed by atoms with van der Waals surface area (Å²) in [5, 5.41) is 3.39. The van der Waals surface area contributed by atoms with Crippen molar-refractivity contribution in [2.75, 3.05) is 26.7 Å². The fourth-order valence-electron chi connectivity index (χ4n) is 7.98. The van der Waals surface area contributed by atoms with Crippen molar-refractivity contribution in [3.63, 3.8) is 0 Å². The van der Waals surface area contributed by atoms with Crippen molar-refractivity contribution in [1.29, 1.82) is 0 Å². The van der Waals surface area contributed by atoms with E-state index >= 15 is 4.39 Å². The van der Waals surface area contributed by atoms with E-state index in [1.165, 1.54) is 24.3 Å². The van der Waals surface area contributed by atoms with Crippen molar-refractivity contribution in [1.82, 2.24) is 20.1 Å². The third-order valence-electron chi connectivity index (χ3n) is 11.0. The zero-order valence-corrected chi connectivity index (χ0v) is 34.9. The molecule has 0 unspecified atom stereocenters. The lowest BCUT2D eigenvalue weighted by molar-refractivity contribution is -0.149. The molecule has 19 heteroatoms. The van der Waals surface area contributed by atoms with Gasteiger partial charge in [-0.3, -0.25) is 33.0 Å². The third kappa shape index (κ3) is 9.88. The molecule has 3 amide bonds. The van der Waals surface area contributed by atoms with Gasteiger partial charge in [-0.15, -0.1) is 11.3 Å². The summed E-state index contributed by atoms with van der Waals surface area (Å²) in [5.74, 6) is -2.32. The van der Waals surface area contributed by atoms with Crippen LogP contribution in [0.2, 0.25) is 0 Å². The van der Waals surface area contributed by atoms with Crippen LogP contribution in [-0.4, -0.2) is 102 Å². The van der Waals surface area contributed by atoms with Crippen LogP contribution in [0.3, 0.4) is 0 Å². The summed E-state index contributed by atoms with van der Waals surface area (Å²) in [6.07, 6.45) is 3.76. The number of hydrogen-bond acceptors (Lipinski definition) is 14. The molecule has 318 valence electrons. The maximum Gasteiger partial charge on any atom is 0.510 e. The van der Waals surface area contributed by atoms with E-state index in [1.54, 1.807) is 38.8 Å². The molecule has 16 nitrogen and oxygen atoms in total. The van der Waals surface area contributed by atoms with Gasteiger partial charge in [-0.1, -0.05) is 12.1 Å². The molecule has 4 aliphatic rings. The molecule has 3 aliphatic heterocycles. The Bertz CT molecular complexity index is 2070. The molecule has 5 heterocycles. The predicted molar refractivity (Wildman–Crippen MR) is 210 cm³/mol. The Hall–Kier alpha value is -4.64. The van der Waals surface area contributed by atoms with Crippen LogP contribution >= 0.6 is 18.9 Å². The highest BCUT2D eigenvalue weighted by Gasteiger charge is 2.52. The Kier molecular flexibility index (Phi) is 12.9. The molecule has 1 aliphatic carbocycles. The molecule has 7 rings (SSSR count). The van der Waals surface area contributed by atoms with Gasteiger partial charge in [0.05, 0.1) is 17.1 Å². The van der Waals surface area contributed by atoms with Gasteiger partial charge in [-0.05, 0) is 112 Å². The van der Waals surface area contributed by atoms with Crippen molar-refractivity contribution in [2.45, 2.75) is 102 Å². The van der Waals surface area contributed by atoms with Crippen LogP contribution in [0, 0.1) is 11.8 Å². The van der Waals surface area contributed by atoms with E-state index in [-0.39, 0.29) is 34.2 Å². The third-order valence-corrected chi connectivity index (χ3v) is 13.9. The van der Waals surface area contributed by atoms with Gasteiger partial charge in [0.2, 0.25) is 31.3 Å². The van der Waals surface area contributed by atoms with Crippen molar-refractivity contribution >= 4 is 59.1 Å². The highest BCUT2D eigenvalue weighted by Crippen LogP contribution is 2.62. The fourth-order valence-corrected chi connectivity index (χ4v) is 10.2. The molecule has 1 N–H and O–H groups in total. The Morgan fingerprint density at radius 3 is 2.25 bits per heavy atom. The number of amides is 3. The summed E-state index contributed by atoms with van der Waals surface area (Å²) < 4.78 is 60.0. The number of halogens is 1. The number of fused-ring (bicyclic) bond motifs is 3. The van der Waals surface area contributed by atoms with E-state index in [0.717, 1.165) is 36.2 Å². The summed E-state index contributed by atoms with van der Waals surface area (Å²) in [6.45, 7) is 5.42. The molecule has 3 aromatic rings. The number of likely N-dealkylation sites (tertiary alicyclic amines) is 1. The van der Waals surface area contributed by atoms with Gasteiger partial charge < -0.3 is 34.1 Å². The van der Waals surface area contributed by atoms with Crippen LogP contribution in [0.5, 0.6) is 0 Å². The van der Waals surface area contributed by atoms with Crippen LogP contribution < -0.4 is 5.32 Å². The zero-order valence-electron chi connectivity index (χ0n) is 33.2. The number of alkyl halides is 1. The van der Waals surface area contributed by atoms with Gasteiger partial charge in [0, 0.05) is 42.1 Å². The Balaban J connectivity index is 1.03. The summed E-state index contributed by atoms with van der Waals surface area (Å²) in [5.41, 5.74) is 0.913. The summed E-state index contributed by atoms with van der Waals surface area (Å²) >= 11 is 1.13. The molecule has 0 bridgehead atoms. The second kappa shape index (κ2) is 17.9. The molecular weight excluding hydrogens is 810 g/mol. The maximum absolute atomic E-state index is 16.2. The minimum Gasteiger partial charge on any atom is -0.432 e. The number of hydrogen-bond donors (Lipinski definition) is 1. The van der Waals surface area contributed by atoms with E-state index in [4.69, 9.17) is 28.0 Å². The molecule has 2 aromatic heterocycles. The average molecular weight is 859 g/mol. The molecule has 6 atom stereocenters. The molecule has 3 saturated heterocycles. The first-order valence-corrected chi connectivity index (χ1v) is 22.2. The van der Waals surface area contributed by atoms with Gasteiger partial charge in [-0.25, -0.2) is 14.0 Å². The minimum atomic E-state index is -4.87. The van der Waals surface area contributed by atoms with Gasteiger partial charge in [0.1, 0.15) is 12.1 Å². The monoisotopic (exact) mass is 858 g/mol. The molecule has 4 fully saturated rings. The molecule has 0 radical (unpaired) electrons. The van der Waals surface area contributed by atoms with Crippen LogP contribution in [0.4, 0.5) is 14.0 Å². The quantitative estimate of drug-likeness (QED) is 0.0988. The lowest BCUT2D eigenvalue weighted by Gasteiger charge is -2.43. The van der Waals surface area contributed by atoms with Gasteiger partial charge in [0.15, 0.2) is 0 Å². The predicted octanol–water partition coefficient (Wildman–Crippen LogP) is 7.04. The number of thiophene rings is 1. The summed E-state index contributed by atoms with van der Waals surface area (Å²) in [7, 11) is -4.87. The number of carbonyl (C=O) groups excluding carboxylic acids is 5. The zero-order chi connectivity index (χ0) is 42.0. The summed E-state index contributed by atoms with van der Waals surface area (Å²) in [6, 6.07) is 8.17. The smallest absolute Gasteiger partial charge is 0.432 e. The number of ether oxygens (including phenoxy) is 4. The second-order valence-corrected chi connectivity index (χ2v) is 19.0. The van der Waals surface area contributed by atoms with Crippen molar-refractivity contribution in [2.24, 2.45) is 11.8 Å². The number of nitrogens with zero attached hydrogens (tertiary/aromatic N) is 3. The van der Waals surface area contributed by atoms with Crippen molar-refractivity contribution in [3.8, 4) is 0 Å². The van der Waals surface area contributed by atoms with Gasteiger partial charge in [0.25, 0.3) is 5.91 Å². The topological polar surface area (TPSA) is 189 Å². The largest absolute Gasteiger partial charge is 0.510 e. The van der Waals surface area contributed by atoms with E-state index in [2.05, 4.69) is 10.3 Å². The Morgan fingerprint density at radius 2 is 1.61 bits per heavy atom. The Labute approximate surface area is 344 Å². The molecule has 1 saturated carbocycles. The van der Waals surface area contributed by atoms with Crippen molar-refractivity contribution < 1.29 is 60.9 Å². The SMILES string of the molecule is CC(C)OC(=O)OCOP(=O)(OCOC(=O)OC(C)C)[C@@H](F)c1ccc2sc(C(=O)N[C@H]3C[C@H]4C[C@H]4C[C@H]4CC[C@@H](C(=O)N5CC(c6cccnc6)C5)N4C3=O)cc2c1. The summed E-state index contributed by atoms with van der Waals surface area (Å²) in [4.78, 5) is 73.7. The number of aromatic nitrogens is 1. The molecular formula is C40H48FN4O12PS. The minimum absolute atomic E-state index is 0.0619. The van der Waals surface area contributed by atoms with Crippen LogP contribution in [0.1, 0.15) is 92.4 Å².